The van der Waals surface area contributed by atoms with Crippen LogP contribution < -0.4 is 10.0 Å². The molecular formula is C11H13N5O3S2. The largest absolute Gasteiger partial charge is 0.301 e. The summed E-state index contributed by atoms with van der Waals surface area (Å²) in [7, 11) is -3.76. The topological polar surface area (TPSA) is 114 Å². The standard InChI is InChI=1S/C11H13N5O3S2/c1-2-9(17)14-10-15-16-11(20-10)21(18,19)13-7-8-3-5-12-6-4-8/h3-6,13H,2,7H2,1H3,(H,14,15,17). The van der Waals surface area contributed by atoms with Crippen molar-refractivity contribution in [2.24, 2.45) is 0 Å². The van der Waals surface area contributed by atoms with Crippen LogP contribution in [0.5, 0.6) is 0 Å². The number of rotatable bonds is 6. The first-order valence-electron chi connectivity index (χ1n) is 6.03. The summed E-state index contributed by atoms with van der Waals surface area (Å²) in [5, 5.41) is 9.83. The predicted molar refractivity (Wildman–Crippen MR) is 77.1 cm³/mol. The van der Waals surface area contributed by atoms with Gasteiger partial charge in [-0.3, -0.25) is 9.78 Å². The maximum absolute atomic E-state index is 12.0. The van der Waals surface area contributed by atoms with Gasteiger partial charge in [0.1, 0.15) is 0 Å². The van der Waals surface area contributed by atoms with Crippen LogP contribution in [-0.2, 0) is 21.4 Å². The Labute approximate surface area is 125 Å². The van der Waals surface area contributed by atoms with Crippen LogP contribution >= 0.6 is 11.3 Å². The first kappa shape index (κ1) is 15.5. The number of anilines is 1. The number of aromatic nitrogens is 3. The Morgan fingerprint density at radius 1 is 1.29 bits per heavy atom. The molecule has 0 bridgehead atoms. The van der Waals surface area contributed by atoms with E-state index in [0.717, 1.165) is 16.9 Å². The van der Waals surface area contributed by atoms with E-state index in [4.69, 9.17) is 0 Å². The second kappa shape index (κ2) is 6.70. The highest BCUT2D eigenvalue weighted by molar-refractivity contribution is 7.91. The summed E-state index contributed by atoms with van der Waals surface area (Å²) < 4.78 is 26.3. The van der Waals surface area contributed by atoms with E-state index in [1.807, 2.05) is 0 Å². The van der Waals surface area contributed by atoms with Crippen LogP contribution in [0.25, 0.3) is 0 Å². The molecule has 0 aliphatic heterocycles. The fraction of sp³-hybridized carbons (Fsp3) is 0.273. The lowest BCUT2D eigenvalue weighted by atomic mass is 10.3. The number of pyridine rings is 1. The molecule has 8 nitrogen and oxygen atoms in total. The van der Waals surface area contributed by atoms with Gasteiger partial charge in [0, 0.05) is 25.4 Å². The molecule has 0 atom stereocenters. The smallest absolute Gasteiger partial charge is 0.270 e. The van der Waals surface area contributed by atoms with Crippen LogP contribution in [0.15, 0.2) is 28.9 Å². The lowest BCUT2D eigenvalue weighted by Gasteiger charge is -2.02. The Balaban J connectivity index is 2.04. The summed E-state index contributed by atoms with van der Waals surface area (Å²) in [4.78, 5) is 15.1. The fourth-order valence-electron chi connectivity index (χ4n) is 1.32. The number of carbonyl (C=O) groups excluding carboxylic acids is 1. The quantitative estimate of drug-likeness (QED) is 0.757. The predicted octanol–water partition coefficient (Wildman–Crippen LogP) is 0.760. The van der Waals surface area contributed by atoms with E-state index in [0.29, 0.717) is 0 Å². The molecule has 2 aromatic rings. The normalized spacial score (nSPS) is 11.3. The summed E-state index contributed by atoms with van der Waals surface area (Å²) in [6, 6.07) is 3.41. The molecule has 2 heterocycles. The van der Waals surface area contributed by atoms with E-state index in [9.17, 15) is 13.2 Å². The van der Waals surface area contributed by atoms with E-state index in [2.05, 4.69) is 25.2 Å². The van der Waals surface area contributed by atoms with Gasteiger partial charge < -0.3 is 5.32 Å². The van der Waals surface area contributed by atoms with E-state index < -0.39 is 10.0 Å². The maximum atomic E-state index is 12.0. The number of hydrogen-bond donors (Lipinski definition) is 2. The van der Waals surface area contributed by atoms with E-state index in [1.165, 1.54) is 0 Å². The second-order valence-corrected chi connectivity index (χ2v) is 6.87. The van der Waals surface area contributed by atoms with Gasteiger partial charge in [0.2, 0.25) is 15.4 Å². The average molecular weight is 327 g/mol. The van der Waals surface area contributed by atoms with Crippen molar-refractivity contribution in [3.63, 3.8) is 0 Å². The zero-order chi connectivity index (χ0) is 15.3. The Morgan fingerprint density at radius 2 is 2.00 bits per heavy atom. The third-order valence-corrected chi connectivity index (χ3v) is 5.03. The summed E-state index contributed by atoms with van der Waals surface area (Å²) in [6.07, 6.45) is 3.43. The number of carbonyl (C=O) groups is 1. The number of hydrogen-bond acceptors (Lipinski definition) is 7. The van der Waals surface area contributed by atoms with Crippen molar-refractivity contribution < 1.29 is 13.2 Å². The third kappa shape index (κ3) is 4.28. The molecule has 0 aliphatic rings. The van der Waals surface area contributed by atoms with Gasteiger partial charge >= 0.3 is 0 Å². The number of amides is 1. The van der Waals surface area contributed by atoms with Crippen molar-refractivity contribution in [1.82, 2.24) is 19.9 Å². The summed E-state index contributed by atoms with van der Waals surface area (Å²) in [5.41, 5.74) is 0.776. The van der Waals surface area contributed by atoms with Crippen LogP contribution in [0.3, 0.4) is 0 Å². The molecule has 0 radical (unpaired) electrons. The summed E-state index contributed by atoms with van der Waals surface area (Å²) >= 11 is 0.802. The molecule has 1 amide bonds. The Bertz CT molecular complexity index is 714. The minimum atomic E-state index is -3.76. The fourth-order valence-corrected chi connectivity index (χ4v) is 3.29. The second-order valence-electron chi connectivity index (χ2n) is 3.95. The van der Waals surface area contributed by atoms with Crippen LogP contribution in [0.2, 0.25) is 0 Å². The molecule has 2 rings (SSSR count). The monoisotopic (exact) mass is 327 g/mol. The van der Waals surface area contributed by atoms with Crippen molar-refractivity contribution in [3.8, 4) is 0 Å². The molecule has 112 valence electrons. The summed E-state index contributed by atoms with van der Waals surface area (Å²) in [6.45, 7) is 1.81. The van der Waals surface area contributed by atoms with Gasteiger partial charge in [0.05, 0.1) is 0 Å². The van der Waals surface area contributed by atoms with E-state index in [-0.39, 0.29) is 28.3 Å². The van der Waals surface area contributed by atoms with Crippen molar-refractivity contribution in [3.05, 3.63) is 30.1 Å². The van der Waals surface area contributed by atoms with E-state index >= 15 is 0 Å². The molecule has 2 N–H and O–H groups in total. The van der Waals surface area contributed by atoms with Gasteiger partial charge in [-0.05, 0) is 17.7 Å². The molecule has 0 aromatic carbocycles. The van der Waals surface area contributed by atoms with Gasteiger partial charge in [0.25, 0.3) is 10.0 Å². The maximum Gasteiger partial charge on any atom is 0.270 e. The van der Waals surface area contributed by atoms with Gasteiger partial charge in [0.15, 0.2) is 0 Å². The molecule has 0 unspecified atom stereocenters. The molecule has 0 saturated carbocycles. The zero-order valence-electron chi connectivity index (χ0n) is 11.1. The molecular weight excluding hydrogens is 314 g/mol. The Hall–Kier alpha value is -1.91. The Morgan fingerprint density at radius 3 is 2.67 bits per heavy atom. The first-order chi connectivity index (χ1) is 10.0. The third-order valence-electron chi connectivity index (χ3n) is 2.42. The highest BCUT2D eigenvalue weighted by Gasteiger charge is 2.20. The highest BCUT2D eigenvalue weighted by Crippen LogP contribution is 2.20. The average Bonchev–Trinajstić information content (AvgIpc) is 2.95. The Kier molecular flexibility index (Phi) is 4.94. The van der Waals surface area contributed by atoms with Crippen molar-refractivity contribution in [2.75, 3.05) is 5.32 Å². The molecule has 0 spiro atoms. The minimum absolute atomic E-state index is 0.126. The van der Waals surface area contributed by atoms with Crippen LogP contribution in [0.4, 0.5) is 5.13 Å². The highest BCUT2D eigenvalue weighted by atomic mass is 32.2. The van der Waals surface area contributed by atoms with Crippen molar-refractivity contribution in [2.45, 2.75) is 24.2 Å². The molecule has 2 aromatic heterocycles. The summed E-state index contributed by atoms with van der Waals surface area (Å²) in [5.74, 6) is -0.250. The van der Waals surface area contributed by atoms with Gasteiger partial charge in [-0.1, -0.05) is 18.3 Å². The molecule has 0 saturated heterocycles. The SMILES string of the molecule is CCC(=O)Nc1nnc(S(=O)(=O)NCc2ccncc2)s1. The molecule has 21 heavy (non-hydrogen) atoms. The lowest BCUT2D eigenvalue weighted by Crippen LogP contribution is -2.23. The van der Waals surface area contributed by atoms with Crippen LogP contribution in [0.1, 0.15) is 18.9 Å². The van der Waals surface area contributed by atoms with Crippen LogP contribution in [-0.4, -0.2) is 29.5 Å². The number of nitrogens with zero attached hydrogens (tertiary/aromatic N) is 3. The van der Waals surface area contributed by atoms with Gasteiger partial charge in [-0.2, -0.15) is 0 Å². The van der Waals surface area contributed by atoms with Crippen molar-refractivity contribution in [1.29, 1.82) is 0 Å². The lowest BCUT2D eigenvalue weighted by molar-refractivity contribution is -0.115. The van der Waals surface area contributed by atoms with Gasteiger partial charge in [-0.15, -0.1) is 10.2 Å². The zero-order valence-corrected chi connectivity index (χ0v) is 12.7. The first-order valence-corrected chi connectivity index (χ1v) is 8.33. The number of sulfonamides is 1. The molecule has 0 aliphatic carbocycles. The number of nitrogens with one attached hydrogen (secondary N) is 2. The molecule has 10 heteroatoms. The van der Waals surface area contributed by atoms with Crippen molar-refractivity contribution >= 4 is 32.4 Å². The minimum Gasteiger partial charge on any atom is -0.301 e. The van der Waals surface area contributed by atoms with E-state index in [1.54, 1.807) is 31.5 Å². The van der Waals surface area contributed by atoms with Gasteiger partial charge in [-0.25, -0.2) is 13.1 Å². The van der Waals surface area contributed by atoms with Crippen LogP contribution in [0, 0.1) is 0 Å². The molecule has 0 fully saturated rings.